The highest BCUT2D eigenvalue weighted by atomic mass is 16.5. The zero-order valence-corrected chi connectivity index (χ0v) is 19.5. The molecule has 0 bridgehead atoms. The van der Waals surface area contributed by atoms with Crippen LogP contribution in [0, 0.1) is 13.8 Å². The number of rotatable bonds is 11. The zero-order valence-electron chi connectivity index (χ0n) is 19.5. The number of nitrogens with zero attached hydrogens (tertiary/aromatic N) is 3. The fraction of sp³-hybridized carbons (Fsp3) is 0.385. The van der Waals surface area contributed by atoms with Gasteiger partial charge in [0.25, 0.3) is 0 Å². The van der Waals surface area contributed by atoms with Gasteiger partial charge in [0, 0.05) is 45.3 Å². The standard InChI is InChI=1S/C26H35N5O/c1-21-25(22(2)32-30-21)15-17-29-26(27-3)28-16-10-18-31(19-23-11-6-4-7-12-23)20-24-13-8-5-9-14-24/h4-9,11-14H,10,15-20H2,1-3H3,(H2,27,28,29). The van der Waals surface area contributed by atoms with Gasteiger partial charge in [-0.3, -0.25) is 9.89 Å². The summed E-state index contributed by atoms with van der Waals surface area (Å²) in [7, 11) is 1.81. The van der Waals surface area contributed by atoms with Gasteiger partial charge in [0.2, 0.25) is 0 Å². The van der Waals surface area contributed by atoms with E-state index in [0.29, 0.717) is 0 Å². The lowest BCUT2D eigenvalue weighted by Gasteiger charge is -2.23. The van der Waals surface area contributed by atoms with E-state index in [1.54, 1.807) is 0 Å². The van der Waals surface area contributed by atoms with Gasteiger partial charge in [-0.15, -0.1) is 0 Å². The molecule has 32 heavy (non-hydrogen) atoms. The lowest BCUT2D eigenvalue weighted by molar-refractivity contribution is 0.254. The molecule has 2 aromatic carbocycles. The maximum atomic E-state index is 5.24. The van der Waals surface area contributed by atoms with Crippen molar-refractivity contribution in [2.75, 3.05) is 26.7 Å². The first-order valence-electron chi connectivity index (χ1n) is 11.3. The van der Waals surface area contributed by atoms with E-state index in [0.717, 1.165) is 63.0 Å². The number of hydrogen-bond acceptors (Lipinski definition) is 4. The average Bonchev–Trinajstić information content (AvgIpc) is 3.14. The van der Waals surface area contributed by atoms with E-state index < -0.39 is 0 Å². The van der Waals surface area contributed by atoms with Gasteiger partial charge >= 0.3 is 0 Å². The van der Waals surface area contributed by atoms with E-state index in [9.17, 15) is 0 Å². The number of nitrogens with one attached hydrogen (secondary N) is 2. The maximum Gasteiger partial charge on any atom is 0.190 e. The Kier molecular flexibility index (Phi) is 9.32. The highest BCUT2D eigenvalue weighted by molar-refractivity contribution is 5.79. The molecule has 170 valence electrons. The fourth-order valence-corrected chi connectivity index (χ4v) is 3.79. The summed E-state index contributed by atoms with van der Waals surface area (Å²) in [6, 6.07) is 21.3. The van der Waals surface area contributed by atoms with Crippen molar-refractivity contribution >= 4 is 5.96 Å². The molecule has 0 atom stereocenters. The van der Waals surface area contributed by atoms with Crippen molar-refractivity contribution in [2.45, 2.75) is 39.8 Å². The van der Waals surface area contributed by atoms with Crippen molar-refractivity contribution in [2.24, 2.45) is 4.99 Å². The first-order chi connectivity index (χ1) is 15.7. The smallest absolute Gasteiger partial charge is 0.190 e. The Balaban J connectivity index is 1.44. The molecule has 1 heterocycles. The summed E-state index contributed by atoms with van der Waals surface area (Å²) < 4.78 is 5.24. The molecule has 0 radical (unpaired) electrons. The van der Waals surface area contributed by atoms with Crippen LogP contribution in [0.1, 0.15) is 34.6 Å². The second kappa shape index (κ2) is 12.7. The largest absolute Gasteiger partial charge is 0.361 e. The van der Waals surface area contributed by atoms with Crippen LogP contribution in [0.4, 0.5) is 0 Å². The number of aryl methyl sites for hydroxylation is 2. The zero-order chi connectivity index (χ0) is 22.6. The normalized spacial score (nSPS) is 11.7. The predicted molar refractivity (Wildman–Crippen MR) is 131 cm³/mol. The molecular formula is C26H35N5O. The second-order valence-electron chi connectivity index (χ2n) is 8.01. The first kappa shape index (κ1) is 23.5. The molecule has 3 aromatic rings. The van der Waals surface area contributed by atoms with Gasteiger partial charge in [0.05, 0.1) is 5.69 Å². The summed E-state index contributed by atoms with van der Waals surface area (Å²) in [5.74, 6) is 1.72. The summed E-state index contributed by atoms with van der Waals surface area (Å²) >= 11 is 0. The van der Waals surface area contributed by atoms with Crippen LogP contribution >= 0.6 is 0 Å². The molecule has 3 rings (SSSR count). The summed E-state index contributed by atoms with van der Waals surface area (Å²) in [6.45, 7) is 8.49. The van der Waals surface area contributed by atoms with Crippen molar-refractivity contribution in [3.8, 4) is 0 Å². The van der Waals surface area contributed by atoms with Gasteiger partial charge in [0.1, 0.15) is 5.76 Å². The van der Waals surface area contributed by atoms with E-state index in [4.69, 9.17) is 4.52 Å². The third-order valence-electron chi connectivity index (χ3n) is 5.51. The van der Waals surface area contributed by atoms with Crippen LogP contribution in [0.25, 0.3) is 0 Å². The fourth-order valence-electron chi connectivity index (χ4n) is 3.79. The van der Waals surface area contributed by atoms with Gasteiger partial charge in [0.15, 0.2) is 5.96 Å². The van der Waals surface area contributed by atoms with Crippen molar-refractivity contribution in [3.05, 3.63) is 88.8 Å². The molecule has 0 aliphatic rings. The summed E-state index contributed by atoms with van der Waals surface area (Å²) in [4.78, 5) is 6.85. The van der Waals surface area contributed by atoms with Crippen LogP contribution in [0.3, 0.4) is 0 Å². The molecule has 0 spiro atoms. The molecule has 6 nitrogen and oxygen atoms in total. The van der Waals surface area contributed by atoms with Crippen molar-refractivity contribution in [1.82, 2.24) is 20.7 Å². The Morgan fingerprint density at radius 2 is 1.50 bits per heavy atom. The van der Waals surface area contributed by atoms with Gasteiger partial charge in [-0.25, -0.2) is 0 Å². The minimum absolute atomic E-state index is 0.788. The highest BCUT2D eigenvalue weighted by Crippen LogP contribution is 2.12. The number of aromatic nitrogens is 1. The third-order valence-corrected chi connectivity index (χ3v) is 5.51. The van der Waals surface area contributed by atoms with Gasteiger partial charge < -0.3 is 15.2 Å². The SMILES string of the molecule is CN=C(NCCCN(Cc1ccccc1)Cc1ccccc1)NCCc1c(C)noc1C. The van der Waals surface area contributed by atoms with E-state index in [1.165, 1.54) is 16.7 Å². The van der Waals surface area contributed by atoms with E-state index in [2.05, 4.69) is 86.3 Å². The third kappa shape index (κ3) is 7.54. The summed E-state index contributed by atoms with van der Waals surface area (Å²) in [5.41, 5.74) is 4.82. The van der Waals surface area contributed by atoms with Gasteiger partial charge in [-0.05, 0) is 37.8 Å². The van der Waals surface area contributed by atoms with Crippen molar-refractivity contribution < 1.29 is 4.52 Å². The molecule has 0 aliphatic carbocycles. The lowest BCUT2D eigenvalue weighted by Crippen LogP contribution is -2.39. The number of hydrogen-bond donors (Lipinski definition) is 2. The molecule has 2 N–H and O–H groups in total. The molecule has 0 fully saturated rings. The monoisotopic (exact) mass is 433 g/mol. The number of aliphatic imine (C=N–C) groups is 1. The summed E-state index contributed by atoms with van der Waals surface area (Å²) in [5, 5.41) is 10.8. The molecule has 0 amide bonds. The molecule has 0 saturated heterocycles. The number of benzene rings is 2. The number of guanidine groups is 1. The maximum absolute atomic E-state index is 5.24. The predicted octanol–water partition coefficient (Wildman–Crippen LogP) is 4.09. The Morgan fingerprint density at radius 3 is 2.03 bits per heavy atom. The molecular weight excluding hydrogens is 398 g/mol. The molecule has 0 unspecified atom stereocenters. The molecule has 0 aliphatic heterocycles. The summed E-state index contributed by atoms with van der Waals surface area (Å²) in [6.07, 6.45) is 1.90. The van der Waals surface area contributed by atoms with Crippen LogP contribution in [0.5, 0.6) is 0 Å². The van der Waals surface area contributed by atoms with E-state index in [1.807, 2.05) is 20.9 Å². The Labute approximate surface area is 191 Å². The lowest BCUT2D eigenvalue weighted by atomic mass is 10.1. The average molecular weight is 434 g/mol. The molecule has 6 heteroatoms. The Bertz CT molecular complexity index is 892. The Hall–Kier alpha value is -3.12. The molecule has 1 aromatic heterocycles. The minimum Gasteiger partial charge on any atom is -0.361 e. The van der Waals surface area contributed by atoms with Gasteiger partial charge in [-0.2, -0.15) is 0 Å². The minimum atomic E-state index is 0.788. The van der Waals surface area contributed by atoms with Crippen LogP contribution < -0.4 is 10.6 Å². The van der Waals surface area contributed by atoms with E-state index >= 15 is 0 Å². The van der Waals surface area contributed by atoms with Crippen molar-refractivity contribution in [3.63, 3.8) is 0 Å². The van der Waals surface area contributed by atoms with Crippen LogP contribution in [-0.2, 0) is 19.5 Å². The highest BCUT2D eigenvalue weighted by Gasteiger charge is 2.09. The second-order valence-corrected chi connectivity index (χ2v) is 8.01. The Morgan fingerprint density at radius 1 is 0.906 bits per heavy atom. The van der Waals surface area contributed by atoms with Crippen LogP contribution in [0.2, 0.25) is 0 Å². The van der Waals surface area contributed by atoms with Crippen LogP contribution in [-0.4, -0.2) is 42.7 Å². The van der Waals surface area contributed by atoms with Gasteiger partial charge in [-0.1, -0.05) is 65.8 Å². The quantitative estimate of drug-likeness (QED) is 0.271. The van der Waals surface area contributed by atoms with Crippen molar-refractivity contribution in [1.29, 1.82) is 0 Å². The van der Waals surface area contributed by atoms with Crippen LogP contribution in [0.15, 0.2) is 70.2 Å². The molecule has 0 saturated carbocycles. The topological polar surface area (TPSA) is 65.7 Å². The van der Waals surface area contributed by atoms with E-state index in [-0.39, 0.29) is 0 Å². The first-order valence-corrected chi connectivity index (χ1v) is 11.3.